The predicted molar refractivity (Wildman–Crippen MR) is 88.0 cm³/mol. The first-order valence-corrected chi connectivity index (χ1v) is 8.01. The molecule has 21 heavy (non-hydrogen) atoms. The standard InChI is InChI=1S/C16H21N3OS/c1-4-7-17-14-8-11(2)5-6-13(14)16(20)18-9-15-12(3)19-10-21-15/h5-6,8,10,17H,4,7,9H2,1-3H3,(H,18,20). The van der Waals surface area contributed by atoms with E-state index in [0.29, 0.717) is 12.1 Å². The van der Waals surface area contributed by atoms with Crippen molar-refractivity contribution >= 4 is 22.9 Å². The normalized spacial score (nSPS) is 10.4. The molecule has 1 amide bonds. The van der Waals surface area contributed by atoms with E-state index in [1.165, 1.54) is 0 Å². The van der Waals surface area contributed by atoms with Gasteiger partial charge in [0.2, 0.25) is 0 Å². The van der Waals surface area contributed by atoms with Crippen LogP contribution in [0.4, 0.5) is 5.69 Å². The highest BCUT2D eigenvalue weighted by Gasteiger charge is 2.12. The van der Waals surface area contributed by atoms with Crippen molar-refractivity contribution in [2.24, 2.45) is 0 Å². The number of anilines is 1. The molecular weight excluding hydrogens is 282 g/mol. The van der Waals surface area contributed by atoms with Crippen molar-refractivity contribution in [3.63, 3.8) is 0 Å². The van der Waals surface area contributed by atoms with E-state index >= 15 is 0 Å². The van der Waals surface area contributed by atoms with E-state index in [1.807, 2.05) is 32.0 Å². The van der Waals surface area contributed by atoms with Gasteiger partial charge in [0.05, 0.1) is 23.3 Å². The van der Waals surface area contributed by atoms with Crippen molar-refractivity contribution in [3.05, 3.63) is 45.4 Å². The molecule has 2 rings (SSSR count). The number of thiazole rings is 1. The zero-order valence-electron chi connectivity index (χ0n) is 12.7. The molecule has 1 heterocycles. The van der Waals surface area contributed by atoms with Crippen LogP contribution in [0.15, 0.2) is 23.7 Å². The maximum Gasteiger partial charge on any atom is 0.253 e. The Labute approximate surface area is 129 Å². The number of nitrogens with zero attached hydrogens (tertiary/aromatic N) is 1. The number of amides is 1. The lowest BCUT2D eigenvalue weighted by Gasteiger charge is -2.12. The summed E-state index contributed by atoms with van der Waals surface area (Å²) in [5.41, 5.74) is 5.51. The smallest absolute Gasteiger partial charge is 0.253 e. The van der Waals surface area contributed by atoms with Crippen molar-refractivity contribution in [2.45, 2.75) is 33.7 Å². The fraction of sp³-hybridized carbons (Fsp3) is 0.375. The molecule has 112 valence electrons. The number of aryl methyl sites for hydroxylation is 2. The molecule has 2 aromatic rings. The number of rotatable bonds is 6. The zero-order chi connectivity index (χ0) is 15.2. The van der Waals surface area contributed by atoms with E-state index in [0.717, 1.165) is 34.8 Å². The van der Waals surface area contributed by atoms with Crippen LogP contribution < -0.4 is 10.6 Å². The minimum atomic E-state index is -0.0543. The van der Waals surface area contributed by atoms with E-state index in [2.05, 4.69) is 22.5 Å². The second kappa shape index (κ2) is 7.22. The van der Waals surface area contributed by atoms with Crippen LogP contribution in [0.1, 0.15) is 39.8 Å². The molecule has 5 heteroatoms. The van der Waals surface area contributed by atoms with Crippen LogP contribution in [0, 0.1) is 13.8 Å². The molecule has 0 fully saturated rings. The summed E-state index contributed by atoms with van der Waals surface area (Å²) in [6, 6.07) is 5.86. The first-order chi connectivity index (χ1) is 10.1. The van der Waals surface area contributed by atoms with Crippen LogP contribution >= 0.6 is 11.3 Å². The van der Waals surface area contributed by atoms with E-state index in [9.17, 15) is 4.79 Å². The van der Waals surface area contributed by atoms with Crippen molar-refractivity contribution in [1.29, 1.82) is 0 Å². The van der Waals surface area contributed by atoms with Crippen LogP contribution in [0.25, 0.3) is 0 Å². The third-order valence-electron chi connectivity index (χ3n) is 3.24. The zero-order valence-corrected chi connectivity index (χ0v) is 13.5. The molecular formula is C16H21N3OS. The Bertz CT molecular complexity index is 622. The quantitative estimate of drug-likeness (QED) is 0.858. The van der Waals surface area contributed by atoms with Gasteiger partial charge in [0.15, 0.2) is 0 Å². The van der Waals surface area contributed by atoms with E-state index < -0.39 is 0 Å². The summed E-state index contributed by atoms with van der Waals surface area (Å²) in [7, 11) is 0. The lowest BCUT2D eigenvalue weighted by atomic mass is 10.1. The molecule has 0 radical (unpaired) electrons. The van der Waals surface area contributed by atoms with Crippen LogP contribution in [-0.4, -0.2) is 17.4 Å². The molecule has 0 aliphatic carbocycles. The molecule has 0 spiro atoms. The summed E-state index contributed by atoms with van der Waals surface area (Å²) < 4.78 is 0. The molecule has 0 aliphatic heterocycles. The van der Waals surface area contributed by atoms with E-state index in [1.54, 1.807) is 16.8 Å². The van der Waals surface area contributed by atoms with E-state index in [4.69, 9.17) is 0 Å². The fourth-order valence-corrected chi connectivity index (χ4v) is 2.73. The largest absolute Gasteiger partial charge is 0.384 e. The molecule has 0 bridgehead atoms. The first-order valence-electron chi connectivity index (χ1n) is 7.13. The van der Waals surface area contributed by atoms with Crippen molar-refractivity contribution in [1.82, 2.24) is 10.3 Å². The Morgan fingerprint density at radius 1 is 1.33 bits per heavy atom. The summed E-state index contributed by atoms with van der Waals surface area (Å²) >= 11 is 1.57. The SMILES string of the molecule is CCCNc1cc(C)ccc1C(=O)NCc1scnc1C. The Morgan fingerprint density at radius 2 is 2.14 bits per heavy atom. The fourth-order valence-electron chi connectivity index (χ4n) is 2.01. The van der Waals surface area contributed by atoms with Gasteiger partial charge >= 0.3 is 0 Å². The predicted octanol–water partition coefficient (Wildman–Crippen LogP) is 3.51. The van der Waals surface area contributed by atoms with Gasteiger partial charge in [-0.05, 0) is 38.0 Å². The maximum atomic E-state index is 12.4. The average Bonchev–Trinajstić information content (AvgIpc) is 2.88. The number of carbonyl (C=O) groups is 1. The number of hydrogen-bond donors (Lipinski definition) is 2. The van der Waals surface area contributed by atoms with Crippen LogP contribution in [0.5, 0.6) is 0 Å². The highest BCUT2D eigenvalue weighted by Crippen LogP contribution is 2.18. The summed E-state index contributed by atoms with van der Waals surface area (Å²) in [4.78, 5) is 17.7. The minimum Gasteiger partial charge on any atom is -0.384 e. The van der Waals surface area contributed by atoms with Crippen LogP contribution in [-0.2, 0) is 6.54 Å². The van der Waals surface area contributed by atoms with Crippen LogP contribution in [0.2, 0.25) is 0 Å². The number of nitrogens with one attached hydrogen (secondary N) is 2. The Balaban J connectivity index is 2.09. The minimum absolute atomic E-state index is 0.0543. The Hall–Kier alpha value is -1.88. The van der Waals surface area contributed by atoms with Crippen molar-refractivity contribution in [2.75, 3.05) is 11.9 Å². The first kappa shape index (κ1) is 15.5. The summed E-state index contributed by atoms with van der Waals surface area (Å²) in [5.74, 6) is -0.0543. The molecule has 4 nitrogen and oxygen atoms in total. The van der Waals surface area contributed by atoms with Gasteiger partial charge in [-0.25, -0.2) is 4.98 Å². The van der Waals surface area contributed by atoms with Crippen molar-refractivity contribution < 1.29 is 4.79 Å². The maximum absolute atomic E-state index is 12.4. The van der Waals surface area contributed by atoms with Gasteiger partial charge in [0.25, 0.3) is 5.91 Å². The lowest BCUT2D eigenvalue weighted by molar-refractivity contribution is 0.0952. The highest BCUT2D eigenvalue weighted by molar-refractivity contribution is 7.09. The van der Waals surface area contributed by atoms with Gasteiger partial charge in [-0.2, -0.15) is 0 Å². The average molecular weight is 303 g/mol. The molecule has 1 aromatic heterocycles. The van der Waals surface area contributed by atoms with Gasteiger partial charge in [0, 0.05) is 17.1 Å². The second-order valence-electron chi connectivity index (χ2n) is 5.02. The van der Waals surface area contributed by atoms with Gasteiger partial charge in [-0.1, -0.05) is 13.0 Å². The Morgan fingerprint density at radius 3 is 2.81 bits per heavy atom. The highest BCUT2D eigenvalue weighted by atomic mass is 32.1. The molecule has 2 N–H and O–H groups in total. The van der Waals surface area contributed by atoms with Gasteiger partial charge < -0.3 is 10.6 Å². The second-order valence-corrected chi connectivity index (χ2v) is 5.96. The molecule has 0 saturated heterocycles. The summed E-state index contributed by atoms with van der Waals surface area (Å²) in [5, 5.41) is 6.29. The number of aromatic nitrogens is 1. The number of carbonyl (C=O) groups excluding carboxylic acids is 1. The van der Waals surface area contributed by atoms with Gasteiger partial charge in [0.1, 0.15) is 0 Å². The lowest BCUT2D eigenvalue weighted by Crippen LogP contribution is -2.24. The summed E-state index contributed by atoms with van der Waals surface area (Å²) in [6.45, 7) is 7.47. The van der Waals surface area contributed by atoms with Crippen molar-refractivity contribution in [3.8, 4) is 0 Å². The number of benzene rings is 1. The van der Waals surface area contributed by atoms with E-state index in [-0.39, 0.29) is 5.91 Å². The van der Waals surface area contributed by atoms with Gasteiger partial charge in [-0.15, -0.1) is 11.3 Å². The third kappa shape index (κ3) is 4.04. The Kier molecular flexibility index (Phi) is 5.33. The summed E-state index contributed by atoms with van der Waals surface area (Å²) in [6.07, 6.45) is 1.02. The third-order valence-corrected chi connectivity index (χ3v) is 4.17. The molecule has 0 unspecified atom stereocenters. The van der Waals surface area contributed by atoms with Gasteiger partial charge in [-0.3, -0.25) is 4.79 Å². The molecule has 0 atom stereocenters. The molecule has 1 aromatic carbocycles. The topological polar surface area (TPSA) is 54.0 Å². The molecule has 0 saturated carbocycles. The monoisotopic (exact) mass is 303 g/mol. The van der Waals surface area contributed by atoms with Crippen LogP contribution in [0.3, 0.4) is 0 Å². The molecule has 0 aliphatic rings. The number of hydrogen-bond acceptors (Lipinski definition) is 4.